The maximum Gasteiger partial charge on any atom is 0.416 e. The SMILES string of the molecule is F[C@@H]1CN(CC2CC2)C[C@@H]1OCc1nc2ccc(C(F)(F)F)cc2[nH]1. The number of likely N-dealkylation sites (tertiary alicyclic amines) is 1. The van der Waals surface area contributed by atoms with E-state index in [1.54, 1.807) is 0 Å². The Bertz CT molecular complexity index is 756. The molecular weight excluding hydrogens is 338 g/mol. The van der Waals surface area contributed by atoms with E-state index in [9.17, 15) is 17.6 Å². The van der Waals surface area contributed by atoms with Crippen molar-refractivity contribution in [1.29, 1.82) is 0 Å². The molecule has 25 heavy (non-hydrogen) atoms. The van der Waals surface area contributed by atoms with Crippen LogP contribution in [0.15, 0.2) is 18.2 Å². The molecule has 1 aliphatic heterocycles. The quantitative estimate of drug-likeness (QED) is 0.833. The van der Waals surface area contributed by atoms with Crippen molar-refractivity contribution in [2.45, 2.75) is 37.9 Å². The third-order valence-corrected chi connectivity index (χ3v) is 4.78. The number of alkyl halides is 4. The molecule has 2 aliphatic rings. The van der Waals surface area contributed by atoms with Gasteiger partial charge in [-0.1, -0.05) is 0 Å². The molecule has 0 unspecified atom stereocenters. The smallest absolute Gasteiger partial charge is 0.366 e. The number of rotatable bonds is 5. The summed E-state index contributed by atoms with van der Waals surface area (Å²) in [6, 6.07) is 3.35. The van der Waals surface area contributed by atoms with E-state index < -0.39 is 24.0 Å². The monoisotopic (exact) mass is 357 g/mol. The lowest BCUT2D eigenvalue weighted by molar-refractivity contribution is -0.137. The van der Waals surface area contributed by atoms with Gasteiger partial charge in [-0.2, -0.15) is 13.2 Å². The number of H-pyrrole nitrogens is 1. The number of nitrogens with one attached hydrogen (secondary N) is 1. The maximum absolute atomic E-state index is 14.1. The number of aromatic nitrogens is 2. The van der Waals surface area contributed by atoms with E-state index in [4.69, 9.17) is 4.74 Å². The summed E-state index contributed by atoms with van der Waals surface area (Å²) in [7, 11) is 0. The van der Waals surface area contributed by atoms with Gasteiger partial charge < -0.3 is 9.72 Å². The molecule has 2 heterocycles. The number of nitrogens with zero attached hydrogens (tertiary/aromatic N) is 2. The second kappa shape index (κ2) is 6.25. The van der Waals surface area contributed by atoms with Gasteiger partial charge in [0.05, 0.1) is 16.6 Å². The van der Waals surface area contributed by atoms with Gasteiger partial charge in [0, 0.05) is 19.6 Å². The van der Waals surface area contributed by atoms with Crippen LogP contribution in [0.3, 0.4) is 0 Å². The topological polar surface area (TPSA) is 41.1 Å². The molecule has 2 fully saturated rings. The minimum Gasteiger partial charge on any atom is -0.366 e. The maximum atomic E-state index is 14.1. The summed E-state index contributed by atoms with van der Waals surface area (Å²) in [4.78, 5) is 9.13. The fourth-order valence-electron chi connectivity index (χ4n) is 3.27. The van der Waals surface area contributed by atoms with Gasteiger partial charge >= 0.3 is 6.18 Å². The average molecular weight is 357 g/mol. The molecular formula is C17H19F4N3O. The van der Waals surface area contributed by atoms with Crippen LogP contribution in [0, 0.1) is 5.92 Å². The van der Waals surface area contributed by atoms with E-state index >= 15 is 0 Å². The first-order valence-corrected chi connectivity index (χ1v) is 8.42. The lowest BCUT2D eigenvalue weighted by atomic mass is 10.2. The third kappa shape index (κ3) is 3.79. The van der Waals surface area contributed by atoms with E-state index in [0.29, 0.717) is 35.9 Å². The Morgan fingerprint density at radius 1 is 1.24 bits per heavy atom. The standard InChI is InChI=1S/C17H19F4N3O/c18-12-7-24(6-10-1-2-10)8-15(12)25-9-16-22-13-4-3-11(17(19,20)21)5-14(13)23-16/h3-5,10,12,15H,1-2,6-9H2,(H,22,23)/t12-,15+/m1/s1. The number of fused-ring (bicyclic) bond motifs is 1. The molecule has 1 aromatic heterocycles. The van der Waals surface area contributed by atoms with E-state index in [0.717, 1.165) is 18.7 Å². The van der Waals surface area contributed by atoms with Crippen molar-refractivity contribution in [3.63, 3.8) is 0 Å². The van der Waals surface area contributed by atoms with E-state index in [1.165, 1.54) is 18.9 Å². The molecule has 2 atom stereocenters. The molecule has 1 N–H and O–H groups in total. The summed E-state index contributed by atoms with van der Waals surface area (Å²) in [5.41, 5.74) is 0.00337. The number of halogens is 4. The summed E-state index contributed by atoms with van der Waals surface area (Å²) in [6.45, 7) is 1.91. The van der Waals surface area contributed by atoms with E-state index in [-0.39, 0.29) is 6.61 Å². The first kappa shape index (κ1) is 16.8. The van der Waals surface area contributed by atoms with Gasteiger partial charge in [0.25, 0.3) is 0 Å². The third-order valence-electron chi connectivity index (χ3n) is 4.78. The van der Waals surface area contributed by atoms with Crippen molar-refractivity contribution in [2.75, 3.05) is 19.6 Å². The number of hydrogen-bond donors (Lipinski definition) is 1. The van der Waals surface area contributed by atoms with Crippen molar-refractivity contribution in [2.24, 2.45) is 5.92 Å². The summed E-state index contributed by atoms with van der Waals surface area (Å²) in [5, 5.41) is 0. The normalized spacial score (nSPS) is 25.1. The van der Waals surface area contributed by atoms with Crippen LogP contribution in [0.5, 0.6) is 0 Å². The molecule has 0 spiro atoms. The number of ether oxygens (including phenoxy) is 1. The Hall–Kier alpha value is -1.67. The van der Waals surface area contributed by atoms with E-state index in [2.05, 4.69) is 14.9 Å². The molecule has 0 radical (unpaired) electrons. The van der Waals surface area contributed by atoms with Crippen molar-refractivity contribution in [3.05, 3.63) is 29.6 Å². The molecule has 1 aromatic carbocycles. The molecule has 8 heteroatoms. The molecule has 1 saturated heterocycles. The highest BCUT2D eigenvalue weighted by molar-refractivity contribution is 5.76. The average Bonchev–Trinajstić information content (AvgIpc) is 3.14. The lowest BCUT2D eigenvalue weighted by Gasteiger charge is -2.14. The molecule has 0 bridgehead atoms. The Balaban J connectivity index is 1.39. The summed E-state index contributed by atoms with van der Waals surface area (Å²) in [6.07, 6.45) is -3.51. The zero-order valence-electron chi connectivity index (χ0n) is 13.5. The predicted octanol–water partition coefficient (Wildman–Crippen LogP) is 3.53. The second-order valence-corrected chi connectivity index (χ2v) is 6.94. The highest BCUT2D eigenvalue weighted by Crippen LogP contribution is 2.32. The van der Waals surface area contributed by atoms with Crippen LogP contribution >= 0.6 is 0 Å². The highest BCUT2D eigenvalue weighted by Gasteiger charge is 2.36. The Morgan fingerprint density at radius 2 is 2.04 bits per heavy atom. The van der Waals surface area contributed by atoms with Crippen molar-refractivity contribution < 1.29 is 22.3 Å². The van der Waals surface area contributed by atoms with Gasteiger partial charge in [-0.15, -0.1) is 0 Å². The van der Waals surface area contributed by atoms with Crippen LogP contribution in [-0.2, 0) is 17.5 Å². The molecule has 0 amide bonds. The van der Waals surface area contributed by atoms with Crippen LogP contribution in [0.4, 0.5) is 17.6 Å². The zero-order valence-corrected chi connectivity index (χ0v) is 13.5. The van der Waals surface area contributed by atoms with Crippen LogP contribution in [0.1, 0.15) is 24.2 Å². The number of aromatic amines is 1. The summed E-state index contributed by atoms with van der Waals surface area (Å²) < 4.78 is 57.9. The molecule has 4 rings (SSSR count). The number of hydrogen-bond acceptors (Lipinski definition) is 3. The highest BCUT2D eigenvalue weighted by atomic mass is 19.4. The fourth-order valence-corrected chi connectivity index (χ4v) is 3.27. The predicted molar refractivity (Wildman–Crippen MR) is 83.7 cm³/mol. The second-order valence-electron chi connectivity index (χ2n) is 6.94. The van der Waals surface area contributed by atoms with Crippen LogP contribution in [0.25, 0.3) is 11.0 Å². The Kier molecular flexibility index (Phi) is 4.19. The van der Waals surface area contributed by atoms with Crippen molar-refractivity contribution in [1.82, 2.24) is 14.9 Å². The molecule has 1 saturated carbocycles. The van der Waals surface area contributed by atoms with Crippen LogP contribution in [0.2, 0.25) is 0 Å². The first-order chi connectivity index (χ1) is 11.9. The Morgan fingerprint density at radius 3 is 2.76 bits per heavy atom. The van der Waals surface area contributed by atoms with E-state index in [1.807, 2.05) is 0 Å². The summed E-state index contributed by atoms with van der Waals surface area (Å²) in [5.74, 6) is 1.10. The van der Waals surface area contributed by atoms with Gasteiger partial charge in [-0.25, -0.2) is 9.37 Å². The first-order valence-electron chi connectivity index (χ1n) is 8.42. The van der Waals surface area contributed by atoms with Crippen LogP contribution < -0.4 is 0 Å². The van der Waals surface area contributed by atoms with Crippen LogP contribution in [-0.4, -0.2) is 46.8 Å². The summed E-state index contributed by atoms with van der Waals surface area (Å²) >= 11 is 0. The molecule has 136 valence electrons. The van der Waals surface area contributed by atoms with Gasteiger partial charge in [0.1, 0.15) is 24.7 Å². The molecule has 4 nitrogen and oxygen atoms in total. The van der Waals surface area contributed by atoms with Gasteiger partial charge in [0.15, 0.2) is 0 Å². The van der Waals surface area contributed by atoms with Crippen molar-refractivity contribution in [3.8, 4) is 0 Å². The van der Waals surface area contributed by atoms with Gasteiger partial charge in [-0.3, -0.25) is 4.90 Å². The number of benzene rings is 1. The minimum absolute atomic E-state index is 0.0540. The lowest BCUT2D eigenvalue weighted by Crippen LogP contribution is -2.25. The largest absolute Gasteiger partial charge is 0.416 e. The number of imidazole rings is 1. The van der Waals surface area contributed by atoms with Crippen molar-refractivity contribution >= 4 is 11.0 Å². The minimum atomic E-state index is -4.40. The molecule has 1 aliphatic carbocycles. The van der Waals surface area contributed by atoms with Gasteiger partial charge in [0.2, 0.25) is 0 Å². The fraction of sp³-hybridized carbons (Fsp3) is 0.588. The molecule has 2 aromatic rings. The Labute approximate surface area is 142 Å². The zero-order chi connectivity index (χ0) is 17.6. The van der Waals surface area contributed by atoms with Gasteiger partial charge in [-0.05, 0) is 37.0 Å².